The van der Waals surface area contributed by atoms with Crippen molar-refractivity contribution in [2.75, 3.05) is 13.1 Å². The number of aromatic nitrogens is 3. The number of pyridine rings is 1. The third kappa shape index (κ3) is 4.39. The van der Waals surface area contributed by atoms with Crippen LogP contribution in [0.15, 0.2) is 73.4 Å². The molecule has 1 saturated heterocycles. The van der Waals surface area contributed by atoms with Gasteiger partial charge < -0.3 is 19.6 Å². The first-order valence-electron chi connectivity index (χ1n) is 13.5. The van der Waals surface area contributed by atoms with E-state index in [2.05, 4.69) is 83.0 Å². The largest absolute Gasteiger partial charge is 0.370 e. The van der Waals surface area contributed by atoms with Crippen LogP contribution in [0, 0.1) is 12.7 Å². The molecular weight excluding hydrogens is 473 g/mol. The molecule has 1 fully saturated rings. The first kappa shape index (κ1) is 24.4. The molecule has 2 N–H and O–H groups in total. The van der Waals surface area contributed by atoms with E-state index in [1.165, 1.54) is 17.2 Å². The van der Waals surface area contributed by atoms with E-state index < -0.39 is 0 Å². The van der Waals surface area contributed by atoms with Gasteiger partial charge in [-0.2, -0.15) is 0 Å². The van der Waals surface area contributed by atoms with E-state index in [0.717, 1.165) is 77.2 Å². The number of halogens is 1. The van der Waals surface area contributed by atoms with Gasteiger partial charge in [-0.3, -0.25) is 0 Å². The molecule has 4 heterocycles. The zero-order chi connectivity index (χ0) is 26.4. The van der Waals surface area contributed by atoms with Gasteiger partial charge in [-0.05, 0) is 73.7 Å². The summed E-state index contributed by atoms with van der Waals surface area (Å²) >= 11 is 0. The molecule has 1 aliphatic heterocycles. The van der Waals surface area contributed by atoms with Crippen LogP contribution in [0.1, 0.15) is 42.1 Å². The highest BCUT2D eigenvalue weighted by atomic mass is 19.1. The number of rotatable bonds is 6. The minimum Gasteiger partial charge on any atom is -0.370 e. The number of fused-ring (bicyclic) bond motifs is 2. The Hall–Kier alpha value is -3.90. The van der Waals surface area contributed by atoms with E-state index in [1.54, 1.807) is 6.07 Å². The summed E-state index contributed by atoms with van der Waals surface area (Å²) in [7, 11) is 0. The van der Waals surface area contributed by atoms with Crippen LogP contribution in [0.2, 0.25) is 0 Å². The minimum absolute atomic E-state index is 0.189. The lowest BCUT2D eigenvalue weighted by Gasteiger charge is -2.34. The molecule has 2 aromatic carbocycles. The lowest BCUT2D eigenvalue weighted by atomic mass is 10.0. The summed E-state index contributed by atoms with van der Waals surface area (Å²) in [6.07, 6.45) is 5.22. The van der Waals surface area contributed by atoms with Crippen molar-refractivity contribution < 1.29 is 4.39 Å². The molecule has 194 valence electrons. The maximum absolute atomic E-state index is 14.4. The second-order valence-corrected chi connectivity index (χ2v) is 10.5. The fourth-order valence-electron chi connectivity index (χ4n) is 5.68. The Morgan fingerprint density at radius 3 is 2.63 bits per heavy atom. The van der Waals surface area contributed by atoms with Crippen LogP contribution in [0.5, 0.6) is 0 Å². The van der Waals surface area contributed by atoms with Crippen LogP contribution in [-0.2, 0) is 13.0 Å². The molecule has 0 spiro atoms. The molecular formula is C32H34FN5. The number of hydrogen-bond acceptors (Lipinski definition) is 3. The molecule has 0 aliphatic carbocycles. The number of nitrogens with two attached hydrogens (primary N) is 1. The summed E-state index contributed by atoms with van der Waals surface area (Å²) in [4.78, 5) is 7.38. The molecule has 0 amide bonds. The highest BCUT2D eigenvalue weighted by molar-refractivity contribution is 5.87. The smallest absolute Gasteiger partial charge is 0.138 e. The van der Waals surface area contributed by atoms with Crippen molar-refractivity contribution in [3.63, 3.8) is 0 Å². The van der Waals surface area contributed by atoms with Gasteiger partial charge in [0.1, 0.15) is 17.2 Å². The third-order valence-electron chi connectivity index (χ3n) is 7.92. The normalized spacial score (nSPS) is 16.0. The Morgan fingerprint density at radius 1 is 1.08 bits per heavy atom. The second kappa shape index (κ2) is 9.76. The number of imidazole rings is 1. The predicted molar refractivity (Wildman–Crippen MR) is 154 cm³/mol. The SMILES string of the molecule is C=C(c1ccn2c(C)c(-c3cc4ccc(F)cc4n3Cc3ccc(CC)cc3)nc2c1)N1CCCC(N)C1. The number of piperidine rings is 1. The van der Waals surface area contributed by atoms with E-state index in [4.69, 9.17) is 10.7 Å². The highest BCUT2D eigenvalue weighted by Gasteiger charge is 2.21. The van der Waals surface area contributed by atoms with Gasteiger partial charge in [0, 0.05) is 54.2 Å². The van der Waals surface area contributed by atoms with Gasteiger partial charge in [0.25, 0.3) is 0 Å². The lowest BCUT2D eigenvalue weighted by molar-refractivity contribution is 0.296. The number of likely N-dealkylation sites (tertiary alicyclic amines) is 1. The first-order chi connectivity index (χ1) is 18.4. The van der Waals surface area contributed by atoms with Gasteiger partial charge in [-0.15, -0.1) is 0 Å². The van der Waals surface area contributed by atoms with E-state index >= 15 is 0 Å². The summed E-state index contributed by atoms with van der Waals surface area (Å²) in [5.74, 6) is -0.239. The maximum atomic E-state index is 14.4. The highest BCUT2D eigenvalue weighted by Crippen LogP contribution is 2.33. The Kier molecular flexibility index (Phi) is 6.28. The monoisotopic (exact) mass is 507 g/mol. The average Bonchev–Trinajstić information content (AvgIpc) is 3.45. The van der Waals surface area contributed by atoms with Crippen molar-refractivity contribution in [2.45, 2.75) is 45.7 Å². The Labute approximate surface area is 223 Å². The molecule has 1 aliphatic rings. The maximum Gasteiger partial charge on any atom is 0.138 e. The van der Waals surface area contributed by atoms with Gasteiger partial charge in [-0.1, -0.05) is 37.8 Å². The van der Waals surface area contributed by atoms with Crippen molar-refractivity contribution in [3.05, 3.63) is 102 Å². The summed E-state index contributed by atoms with van der Waals surface area (Å²) in [5, 5.41) is 0.999. The van der Waals surface area contributed by atoms with Crippen LogP contribution >= 0.6 is 0 Å². The molecule has 5 aromatic rings. The second-order valence-electron chi connectivity index (χ2n) is 10.5. The van der Waals surface area contributed by atoms with Crippen LogP contribution in [0.3, 0.4) is 0 Å². The van der Waals surface area contributed by atoms with E-state index in [-0.39, 0.29) is 11.9 Å². The molecule has 0 bridgehead atoms. The van der Waals surface area contributed by atoms with Crippen LogP contribution in [-0.4, -0.2) is 38.0 Å². The summed E-state index contributed by atoms with van der Waals surface area (Å²) in [6.45, 7) is 11.1. The van der Waals surface area contributed by atoms with Crippen LogP contribution < -0.4 is 5.73 Å². The standard InChI is InChI=1S/C32H34FN5/c1-4-23-7-9-24(10-8-23)19-38-29-18-27(33)12-11-26(29)16-30(38)32-22(3)37-15-13-25(17-31(37)35-32)21(2)36-14-5-6-28(34)20-36/h7-13,15-18,28H,2,4-6,14,19-20,34H2,1,3H3. The van der Waals surface area contributed by atoms with Crippen LogP contribution in [0.4, 0.5) is 4.39 Å². The fraction of sp³-hybridized carbons (Fsp3) is 0.281. The summed E-state index contributed by atoms with van der Waals surface area (Å²) in [6, 6.07) is 20.2. The van der Waals surface area contributed by atoms with Gasteiger partial charge in [-0.25, -0.2) is 9.37 Å². The number of aryl methyl sites for hydroxylation is 2. The molecule has 38 heavy (non-hydrogen) atoms. The quantitative estimate of drug-likeness (QED) is 0.289. The van der Waals surface area contributed by atoms with Crippen molar-refractivity contribution in [2.24, 2.45) is 5.73 Å². The Bertz CT molecular complexity index is 1640. The predicted octanol–water partition coefficient (Wildman–Crippen LogP) is 6.41. The summed E-state index contributed by atoms with van der Waals surface area (Å²) in [5.41, 5.74) is 15.4. The van der Waals surface area contributed by atoms with E-state index in [0.29, 0.717) is 6.54 Å². The van der Waals surface area contributed by atoms with Crippen LogP contribution in [0.25, 0.3) is 33.6 Å². The molecule has 3 aromatic heterocycles. The molecule has 1 atom stereocenters. The Morgan fingerprint density at radius 2 is 1.87 bits per heavy atom. The van der Waals surface area contributed by atoms with Gasteiger partial charge in [0.2, 0.25) is 0 Å². The fourth-order valence-corrected chi connectivity index (χ4v) is 5.68. The lowest BCUT2D eigenvalue weighted by Crippen LogP contribution is -2.41. The third-order valence-corrected chi connectivity index (χ3v) is 7.92. The van der Waals surface area contributed by atoms with Gasteiger partial charge in [0.15, 0.2) is 0 Å². The van der Waals surface area contributed by atoms with Crippen molar-refractivity contribution in [1.29, 1.82) is 0 Å². The topological polar surface area (TPSA) is 51.5 Å². The molecule has 0 radical (unpaired) electrons. The molecule has 0 saturated carbocycles. The number of nitrogens with zero attached hydrogens (tertiary/aromatic N) is 4. The van der Waals surface area contributed by atoms with Gasteiger partial charge >= 0.3 is 0 Å². The first-order valence-corrected chi connectivity index (χ1v) is 13.5. The average molecular weight is 508 g/mol. The molecule has 5 nitrogen and oxygen atoms in total. The Balaban J connectivity index is 1.43. The van der Waals surface area contributed by atoms with Gasteiger partial charge in [0.05, 0.1) is 11.2 Å². The van der Waals surface area contributed by atoms with E-state index in [1.807, 2.05) is 6.07 Å². The van der Waals surface area contributed by atoms with Crippen molar-refractivity contribution in [1.82, 2.24) is 18.9 Å². The molecule has 6 rings (SSSR count). The summed E-state index contributed by atoms with van der Waals surface area (Å²) < 4.78 is 18.7. The minimum atomic E-state index is -0.239. The number of hydrogen-bond donors (Lipinski definition) is 1. The zero-order valence-electron chi connectivity index (χ0n) is 22.1. The van der Waals surface area contributed by atoms with E-state index in [9.17, 15) is 4.39 Å². The number of benzene rings is 2. The van der Waals surface area contributed by atoms with Crippen molar-refractivity contribution >= 4 is 22.2 Å². The molecule has 6 heteroatoms. The van der Waals surface area contributed by atoms with Crippen molar-refractivity contribution in [3.8, 4) is 11.4 Å². The zero-order valence-corrected chi connectivity index (χ0v) is 22.1. The molecule has 1 unspecified atom stereocenters.